The third kappa shape index (κ3) is 6.26. The second-order valence-electron chi connectivity index (χ2n) is 9.09. The van der Waals surface area contributed by atoms with E-state index in [4.69, 9.17) is 15.2 Å². The summed E-state index contributed by atoms with van der Waals surface area (Å²) in [6.45, 7) is 2.61. The summed E-state index contributed by atoms with van der Waals surface area (Å²) in [6, 6.07) is 18.8. The van der Waals surface area contributed by atoms with Crippen LogP contribution in [-0.2, 0) is 6.42 Å². The molecule has 0 aliphatic rings. The molecule has 4 aromatic heterocycles. The first-order chi connectivity index (χ1) is 19.0. The number of pyridine rings is 2. The van der Waals surface area contributed by atoms with Gasteiger partial charge in [-0.2, -0.15) is 0 Å². The van der Waals surface area contributed by atoms with Crippen molar-refractivity contribution in [2.45, 2.75) is 25.5 Å². The van der Waals surface area contributed by atoms with Gasteiger partial charge >= 0.3 is 0 Å². The zero-order valence-electron chi connectivity index (χ0n) is 21.4. The van der Waals surface area contributed by atoms with Gasteiger partial charge in [-0.25, -0.2) is 9.97 Å². The lowest BCUT2D eigenvalue weighted by atomic mass is 10.1. The monoisotopic (exact) mass is 543 g/mol. The van der Waals surface area contributed by atoms with Gasteiger partial charge in [0.2, 0.25) is 5.88 Å². The van der Waals surface area contributed by atoms with Crippen molar-refractivity contribution in [2.24, 2.45) is 5.73 Å². The molecular formula is C29H29N5O4S. The molecular weight excluding hydrogens is 514 g/mol. The third-order valence-corrected chi connectivity index (χ3v) is 7.05. The Labute approximate surface area is 229 Å². The summed E-state index contributed by atoms with van der Waals surface area (Å²) < 4.78 is 13.8. The molecule has 0 bridgehead atoms. The zero-order chi connectivity index (χ0) is 27.2. The number of nitrogens with two attached hydrogens (primary N) is 1. The van der Waals surface area contributed by atoms with Gasteiger partial charge in [-0.1, -0.05) is 18.2 Å². The highest BCUT2D eigenvalue weighted by molar-refractivity contribution is 7.13. The van der Waals surface area contributed by atoms with Crippen LogP contribution in [0, 0.1) is 0 Å². The van der Waals surface area contributed by atoms with Crippen molar-refractivity contribution in [1.29, 1.82) is 0 Å². The van der Waals surface area contributed by atoms with E-state index in [1.54, 1.807) is 35.7 Å². The summed E-state index contributed by atoms with van der Waals surface area (Å²) in [5.41, 5.74) is 8.22. The van der Waals surface area contributed by atoms with Crippen LogP contribution in [0.4, 0.5) is 0 Å². The summed E-state index contributed by atoms with van der Waals surface area (Å²) in [7, 11) is 0. The maximum absolute atomic E-state index is 11.7. The Bertz CT molecular complexity index is 1550. The number of aliphatic hydroxyl groups is 1. The number of nitrogens with zero attached hydrogens (tertiary/aromatic N) is 3. The predicted molar refractivity (Wildman–Crippen MR) is 150 cm³/mol. The van der Waals surface area contributed by atoms with Gasteiger partial charge in [-0.15, -0.1) is 11.3 Å². The number of fused-ring (bicyclic) bond motifs is 1. The number of carbonyl (C=O) groups excluding carboxylic acids is 1. The molecule has 5 aromatic rings. The topological polar surface area (TPSA) is 124 Å². The number of hydrogen-bond donors (Lipinski definition) is 3. The SMILES string of the molecule is CC(Cc1cnc2c(Oc3ncccc3C(N)=O)cccn12)NC[C@H](O)COc1ccccc1-c1cccs1. The molecule has 1 aromatic carbocycles. The molecule has 4 heterocycles. The zero-order valence-corrected chi connectivity index (χ0v) is 22.2. The largest absolute Gasteiger partial charge is 0.490 e. The third-order valence-electron chi connectivity index (χ3n) is 6.14. The number of rotatable bonds is 12. The normalized spacial score (nSPS) is 12.8. The van der Waals surface area contributed by atoms with Crippen LogP contribution in [0.1, 0.15) is 23.0 Å². The molecule has 10 heteroatoms. The van der Waals surface area contributed by atoms with E-state index >= 15 is 0 Å². The minimum atomic E-state index is -0.677. The highest BCUT2D eigenvalue weighted by Crippen LogP contribution is 2.33. The number of imidazole rings is 1. The molecule has 1 amide bonds. The quantitative estimate of drug-likeness (QED) is 0.214. The number of amides is 1. The minimum Gasteiger partial charge on any atom is -0.490 e. The molecule has 0 radical (unpaired) electrons. The molecule has 0 fully saturated rings. The Morgan fingerprint density at radius 3 is 2.77 bits per heavy atom. The maximum atomic E-state index is 11.7. The standard InChI is InChI=1S/C29H29N5O4S/c1-19(32-17-21(35)18-37-24-9-3-2-7-22(24)26-11-6-14-39-26)15-20-16-33-28-25(10-5-13-34(20)28)38-29-23(27(30)36)8-4-12-31-29/h2-14,16,19,21,32,35H,15,17-18H2,1H3,(H2,30,36)/t19?,21-/m0/s1. The van der Waals surface area contributed by atoms with Gasteiger partial charge < -0.3 is 30.0 Å². The van der Waals surface area contributed by atoms with Crippen LogP contribution in [-0.4, -0.2) is 50.7 Å². The summed E-state index contributed by atoms with van der Waals surface area (Å²) in [6.07, 6.45) is 5.21. The van der Waals surface area contributed by atoms with Crippen molar-refractivity contribution >= 4 is 22.9 Å². The van der Waals surface area contributed by atoms with Gasteiger partial charge in [0.15, 0.2) is 11.4 Å². The Kier molecular flexibility index (Phi) is 8.16. The van der Waals surface area contributed by atoms with Crippen molar-refractivity contribution in [2.75, 3.05) is 13.2 Å². The molecule has 0 aliphatic heterocycles. The van der Waals surface area contributed by atoms with Crippen LogP contribution >= 0.6 is 11.3 Å². The van der Waals surface area contributed by atoms with Gasteiger partial charge in [-0.3, -0.25) is 4.79 Å². The van der Waals surface area contributed by atoms with Gasteiger partial charge in [0.1, 0.15) is 24.0 Å². The minimum absolute atomic E-state index is 0.0554. The van der Waals surface area contributed by atoms with Crippen LogP contribution in [0.15, 0.2) is 84.6 Å². The van der Waals surface area contributed by atoms with Crippen LogP contribution in [0.5, 0.6) is 17.4 Å². The fourth-order valence-electron chi connectivity index (χ4n) is 4.23. The number of nitrogens with one attached hydrogen (secondary N) is 1. The molecule has 1 unspecified atom stereocenters. The van der Waals surface area contributed by atoms with E-state index in [-0.39, 0.29) is 24.1 Å². The van der Waals surface area contributed by atoms with Gasteiger partial charge in [-0.05, 0) is 54.8 Å². The van der Waals surface area contributed by atoms with E-state index in [9.17, 15) is 9.90 Å². The molecule has 0 aliphatic carbocycles. The number of thiophene rings is 1. The number of aromatic nitrogens is 3. The molecule has 0 spiro atoms. The molecule has 200 valence electrons. The van der Waals surface area contributed by atoms with Crippen LogP contribution in [0.25, 0.3) is 16.1 Å². The van der Waals surface area contributed by atoms with Gasteiger partial charge in [0.05, 0.1) is 0 Å². The average Bonchev–Trinajstić information content (AvgIpc) is 3.62. The smallest absolute Gasteiger partial charge is 0.254 e. The average molecular weight is 544 g/mol. The molecule has 39 heavy (non-hydrogen) atoms. The summed E-state index contributed by atoms with van der Waals surface area (Å²) in [4.78, 5) is 21.5. The predicted octanol–water partition coefficient (Wildman–Crippen LogP) is 4.31. The number of hydrogen-bond acceptors (Lipinski definition) is 8. The Morgan fingerprint density at radius 1 is 1.10 bits per heavy atom. The number of aliphatic hydroxyl groups excluding tert-OH is 1. The van der Waals surface area contributed by atoms with E-state index < -0.39 is 12.0 Å². The van der Waals surface area contributed by atoms with Gasteiger partial charge in [0, 0.05) is 53.7 Å². The highest BCUT2D eigenvalue weighted by atomic mass is 32.1. The summed E-state index contributed by atoms with van der Waals surface area (Å²) >= 11 is 1.65. The summed E-state index contributed by atoms with van der Waals surface area (Å²) in [5, 5.41) is 16.0. The van der Waals surface area contributed by atoms with E-state index in [1.807, 2.05) is 59.3 Å². The first-order valence-electron chi connectivity index (χ1n) is 12.5. The summed E-state index contributed by atoms with van der Waals surface area (Å²) in [5.74, 6) is 0.727. The number of benzene rings is 1. The Morgan fingerprint density at radius 2 is 1.95 bits per heavy atom. The van der Waals surface area contributed by atoms with Crippen molar-refractivity contribution in [3.8, 4) is 27.8 Å². The Hall–Kier alpha value is -4.25. The second-order valence-corrected chi connectivity index (χ2v) is 10.0. The Balaban J connectivity index is 1.18. The maximum Gasteiger partial charge on any atom is 0.254 e. The van der Waals surface area contributed by atoms with Crippen molar-refractivity contribution < 1.29 is 19.4 Å². The molecule has 0 saturated carbocycles. The van der Waals surface area contributed by atoms with E-state index in [0.29, 0.717) is 24.4 Å². The number of para-hydroxylation sites is 1. The van der Waals surface area contributed by atoms with Gasteiger partial charge in [0.25, 0.3) is 5.91 Å². The lowest BCUT2D eigenvalue weighted by Crippen LogP contribution is -2.37. The second kappa shape index (κ2) is 12.1. The molecule has 9 nitrogen and oxygen atoms in total. The van der Waals surface area contributed by atoms with Crippen LogP contribution in [0.2, 0.25) is 0 Å². The van der Waals surface area contributed by atoms with Crippen molar-refractivity contribution in [3.05, 3.63) is 95.9 Å². The number of primary amides is 1. The molecule has 2 atom stereocenters. The van der Waals surface area contributed by atoms with Crippen molar-refractivity contribution in [3.63, 3.8) is 0 Å². The fourth-order valence-corrected chi connectivity index (χ4v) is 4.98. The fraction of sp³-hybridized carbons (Fsp3) is 0.207. The van der Waals surface area contributed by atoms with Crippen molar-refractivity contribution in [1.82, 2.24) is 19.7 Å². The lowest BCUT2D eigenvalue weighted by Gasteiger charge is -2.18. The number of carbonyl (C=O) groups is 1. The van der Waals surface area contributed by atoms with Crippen LogP contribution < -0.4 is 20.5 Å². The first kappa shape index (κ1) is 26.4. The lowest BCUT2D eigenvalue weighted by molar-refractivity contribution is 0.0997. The molecule has 5 rings (SSSR count). The number of ether oxygens (including phenoxy) is 2. The van der Waals surface area contributed by atoms with Crippen LogP contribution in [0.3, 0.4) is 0 Å². The first-order valence-corrected chi connectivity index (χ1v) is 13.4. The molecule has 4 N–H and O–H groups in total. The van der Waals surface area contributed by atoms with E-state index in [2.05, 4.69) is 21.4 Å². The molecule has 0 saturated heterocycles. The highest BCUT2D eigenvalue weighted by Gasteiger charge is 2.16. The van der Waals surface area contributed by atoms with E-state index in [1.165, 1.54) is 6.20 Å². The van der Waals surface area contributed by atoms with E-state index in [0.717, 1.165) is 21.9 Å².